The molecule has 2 aromatic rings. The first-order valence-electron chi connectivity index (χ1n) is 6.04. The number of hydrogen-bond donors (Lipinski definition) is 1. The Bertz CT molecular complexity index is 514. The molecule has 0 saturated heterocycles. The highest BCUT2D eigenvalue weighted by atomic mass is 32.2. The highest BCUT2D eigenvalue weighted by Crippen LogP contribution is 2.28. The molecule has 3 heteroatoms. The minimum atomic E-state index is 0.607. The molecule has 2 rings (SSSR count). The van der Waals surface area contributed by atoms with Crippen molar-refractivity contribution in [2.45, 2.75) is 29.6 Å². The van der Waals surface area contributed by atoms with Crippen LogP contribution in [0.2, 0.25) is 0 Å². The van der Waals surface area contributed by atoms with Crippen molar-refractivity contribution in [2.75, 3.05) is 0 Å². The van der Waals surface area contributed by atoms with E-state index in [2.05, 4.69) is 62.4 Å². The fourth-order valence-electron chi connectivity index (χ4n) is 1.55. The number of carbonyl (C=O) groups excluding carboxylic acids is 1. The van der Waals surface area contributed by atoms with E-state index >= 15 is 0 Å². The average Bonchev–Trinajstić information content (AvgIpc) is 2.41. The standard InChI is InChI=1S/C15H16S.CHNO/c1-12(2)13-8-10-15(11-9-13)16-14-6-4-3-5-7-14;2-1-3/h3-12H,1-2H3;2H. The molecule has 0 spiro atoms. The molecule has 0 atom stereocenters. The van der Waals surface area contributed by atoms with Crippen molar-refractivity contribution >= 4 is 17.8 Å². The number of isocyanates is 1. The quantitative estimate of drug-likeness (QED) is 0.639. The Morgan fingerprint density at radius 3 is 1.89 bits per heavy atom. The van der Waals surface area contributed by atoms with Gasteiger partial charge in [0.15, 0.2) is 0 Å². The highest BCUT2D eigenvalue weighted by molar-refractivity contribution is 7.99. The molecule has 0 amide bonds. The van der Waals surface area contributed by atoms with Gasteiger partial charge in [0.2, 0.25) is 6.08 Å². The topological polar surface area (TPSA) is 40.9 Å². The molecule has 1 N–H and O–H groups in total. The number of nitrogens with one attached hydrogen (secondary N) is 1. The average molecular weight is 271 g/mol. The lowest BCUT2D eigenvalue weighted by Gasteiger charge is -2.06. The van der Waals surface area contributed by atoms with Crippen LogP contribution in [0.3, 0.4) is 0 Å². The first-order valence-corrected chi connectivity index (χ1v) is 6.85. The molecule has 0 heterocycles. The van der Waals surface area contributed by atoms with Crippen molar-refractivity contribution in [2.24, 2.45) is 0 Å². The van der Waals surface area contributed by atoms with E-state index in [0.29, 0.717) is 5.92 Å². The molecule has 0 aliphatic rings. The summed E-state index contributed by atoms with van der Waals surface area (Å²) >= 11 is 1.81. The van der Waals surface area contributed by atoms with E-state index < -0.39 is 0 Å². The molecule has 0 aliphatic heterocycles. The number of benzene rings is 2. The van der Waals surface area contributed by atoms with Crippen LogP contribution in [0.5, 0.6) is 0 Å². The molecule has 0 aromatic heterocycles. The molecule has 98 valence electrons. The molecule has 0 bridgehead atoms. The van der Waals surface area contributed by atoms with Crippen LogP contribution in [0, 0.1) is 5.41 Å². The van der Waals surface area contributed by atoms with Gasteiger partial charge >= 0.3 is 0 Å². The summed E-state index contributed by atoms with van der Waals surface area (Å²) in [6.07, 6.45) is 0.750. The maximum absolute atomic E-state index is 8.35. The Labute approximate surface area is 118 Å². The first-order chi connectivity index (χ1) is 9.17. The van der Waals surface area contributed by atoms with Gasteiger partial charge in [-0.3, -0.25) is 0 Å². The zero-order valence-electron chi connectivity index (χ0n) is 11.1. The molecule has 0 fully saturated rings. The number of rotatable bonds is 3. The summed E-state index contributed by atoms with van der Waals surface area (Å²) in [4.78, 5) is 10.9. The SMILES string of the molecule is CC(C)c1ccc(Sc2ccccc2)cc1.N=C=O. The van der Waals surface area contributed by atoms with E-state index in [0.717, 1.165) is 6.08 Å². The number of hydrogen-bond acceptors (Lipinski definition) is 3. The van der Waals surface area contributed by atoms with Crippen LogP contribution in [-0.2, 0) is 4.79 Å². The monoisotopic (exact) mass is 271 g/mol. The molecule has 0 radical (unpaired) electrons. The predicted molar refractivity (Wildman–Crippen MR) is 79.5 cm³/mol. The predicted octanol–water partition coefficient (Wildman–Crippen LogP) is 4.86. The molecule has 19 heavy (non-hydrogen) atoms. The van der Waals surface area contributed by atoms with Crippen LogP contribution in [0.4, 0.5) is 0 Å². The summed E-state index contributed by atoms with van der Waals surface area (Å²) in [6, 6.07) is 19.3. The smallest absolute Gasteiger partial charge is 0.222 e. The summed E-state index contributed by atoms with van der Waals surface area (Å²) in [5.74, 6) is 0.607. The summed E-state index contributed by atoms with van der Waals surface area (Å²) in [7, 11) is 0. The van der Waals surface area contributed by atoms with Gasteiger partial charge in [0.1, 0.15) is 0 Å². The van der Waals surface area contributed by atoms with E-state index in [-0.39, 0.29) is 0 Å². The second kappa shape index (κ2) is 8.30. The Morgan fingerprint density at radius 2 is 1.42 bits per heavy atom. The van der Waals surface area contributed by atoms with Gasteiger partial charge in [-0.25, -0.2) is 10.2 Å². The van der Waals surface area contributed by atoms with E-state index in [4.69, 9.17) is 10.2 Å². The van der Waals surface area contributed by atoms with Crippen LogP contribution in [-0.4, -0.2) is 6.08 Å². The normalized spacial score (nSPS) is 9.42. The minimum absolute atomic E-state index is 0.607. The Morgan fingerprint density at radius 1 is 0.947 bits per heavy atom. The summed E-state index contributed by atoms with van der Waals surface area (Å²) in [5.41, 5.74) is 1.40. The van der Waals surface area contributed by atoms with E-state index in [9.17, 15) is 0 Å². The van der Waals surface area contributed by atoms with Crippen molar-refractivity contribution in [1.82, 2.24) is 0 Å². The third-order valence-corrected chi connectivity index (χ3v) is 3.54. The van der Waals surface area contributed by atoms with Crippen molar-refractivity contribution in [3.8, 4) is 0 Å². The molecule has 2 nitrogen and oxygen atoms in total. The van der Waals surface area contributed by atoms with Crippen LogP contribution in [0.1, 0.15) is 25.3 Å². The minimum Gasteiger partial charge on any atom is -0.222 e. The molecule has 0 saturated carbocycles. The highest BCUT2D eigenvalue weighted by Gasteiger charge is 2.00. The maximum Gasteiger partial charge on any atom is 0.231 e. The first kappa shape index (κ1) is 15.2. The summed E-state index contributed by atoms with van der Waals surface area (Å²) < 4.78 is 0. The zero-order valence-corrected chi connectivity index (χ0v) is 11.9. The van der Waals surface area contributed by atoms with Gasteiger partial charge in [0.25, 0.3) is 0 Å². The van der Waals surface area contributed by atoms with Gasteiger partial charge < -0.3 is 0 Å². The Kier molecular flexibility index (Phi) is 6.65. The van der Waals surface area contributed by atoms with Crippen molar-refractivity contribution in [1.29, 1.82) is 5.41 Å². The van der Waals surface area contributed by atoms with Gasteiger partial charge in [-0.1, -0.05) is 55.9 Å². The van der Waals surface area contributed by atoms with E-state index in [1.54, 1.807) is 0 Å². The fourth-order valence-corrected chi connectivity index (χ4v) is 2.38. The van der Waals surface area contributed by atoms with E-state index in [1.807, 2.05) is 17.8 Å². The van der Waals surface area contributed by atoms with Gasteiger partial charge in [0, 0.05) is 9.79 Å². The van der Waals surface area contributed by atoms with Gasteiger partial charge in [-0.2, -0.15) is 0 Å². The lowest BCUT2D eigenvalue weighted by Crippen LogP contribution is -1.85. The molecular formula is C16H17NOS. The second-order valence-electron chi connectivity index (χ2n) is 4.24. The van der Waals surface area contributed by atoms with Crippen molar-refractivity contribution in [3.05, 3.63) is 60.2 Å². The Balaban J connectivity index is 0.000000550. The van der Waals surface area contributed by atoms with Crippen molar-refractivity contribution in [3.63, 3.8) is 0 Å². The van der Waals surface area contributed by atoms with Gasteiger partial charge in [0.05, 0.1) is 0 Å². The third kappa shape index (κ3) is 5.56. The van der Waals surface area contributed by atoms with Crippen LogP contribution >= 0.6 is 11.8 Å². The van der Waals surface area contributed by atoms with Gasteiger partial charge in [-0.05, 0) is 35.7 Å². The maximum atomic E-state index is 8.35. The summed E-state index contributed by atoms with van der Waals surface area (Å²) in [6.45, 7) is 4.44. The lowest BCUT2D eigenvalue weighted by molar-refractivity contribution is 0.563. The third-order valence-electron chi connectivity index (χ3n) is 2.53. The van der Waals surface area contributed by atoms with E-state index in [1.165, 1.54) is 15.4 Å². The van der Waals surface area contributed by atoms with Crippen LogP contribution in [0.25, 0.3) is 0 Å². The second-order valence-corrected chi connectivity index (χ2v) is 5.39. The van der Waals surface area contributed by atoms with Crippen LogP contribution < -0.4 is 0 Å². The Hall–Kier alpha value is -1.83. The van der Waals surface area contributed by atoms with Gasteiger partial charge in [-0.15, -0.1) is 0 Å². The van der Waals surface area contributed by atoms with Crippen LogP contribution in [0.15, 0.2) is 64.4 Å². The summed E-state index contributed by atoms with van der Waals surface area (Å²) in [5, 5.41) is 5.40. The largest absolute Gasteiger partial charge is 0.231 e. The lowest BCUT2D eigenvalue weighted by atomic mass is 10.0. The molecule has 0 unspecified atom stereocenters. The zero-order chi connectivity index (χ0) is 14.1. The fraction of sp³-hybridized carbons (Fsp3) is 0.188. The molecule has 0 aliphatic carbocycles. The molecular weight excluding hydrogens is 254 g/mol. The molecule has 2 aromatic carbocycles. The van der Waals surface area contributed by atoms with Crippen molar-refractivity contribution < 1.29 is 4.79 Å².